The summed E-state index contributed by atoms with van der Waals surface area (Å²) in [7, 11) is 0. The lowest BCUT2D eigenvalue weighted by molar-refractivity contribution is -0.158. The summed E-state index contributed by atoms with van der Waals surface area (Å²) in [5.41, 5.74) is 4.73. The molecule has 2 atom stereocenters. The van der Waals surface area contributed by atoms with Gasteiger partial charge in [0.1, 0.15) is 23.4 Å². The first kappa shape index (κ1) is 24.1. The molecule has 0 spiro atoms. The van der Waals surface area contributed by atoms with Gasteiger partial charge in [0.15, 0.2) is 0 Å². The Morgan fingerprint density at radius 1 is 0.973 bits per heavy atom. The molecule has 3 aromatic rings. The van der Waals surface area contributed by atoms with E-state index in [9.17, 15) is 14.7 Å². The van der Waals surface area contributed by atoms with Gasteiger partial charge in [0, 0.05) is 42.6 Å². The zero-order valence-corrected chi connectivity index (χ0v) is 21.8. The van der Waals surface area contributed by atoms with Gasteiger partial charge in [-0.3, -0.25) is 0 Å². The third-order valence-corrected chi connectivity index (χ3v) is 8.65. The number of rotatable bonds is 6. The van der Waals surface area contributed by atoms with Crippen molar-refractivity contribution in [1.82, 2.24) is 9.88 Å². The van der Waals surface area contributed by atoms with Gasteiger partial charge in [0.25, 0.3) is 0 Å². The van der Waals surface area contributed by atoms with Gasteiger partial charge in [-0.15, -0.1) is 0 Å². The van der Waals surface area contributed by atoms with E-state index in [1.807, 2.05) is 41.3 Å². The molecule has 1 aromatic heterocycles. The number of pyridine rings is 1. The van der Waals surface area contributed by atoms with Crippen molar-refractivity contribution in [2.24, 2.45) is 0 Å². The molecule has 8 heteroatoms. The third kappa shape index (κ3) is 4.22. The Balaban J connectivity index is 1.21. The average Bonchev–Trinajstić information content (AvgIpc) is 3.38. The Morgan fingerprint density at radius 2 is 1.59 bits per heavy atom. The fraction of sp³-hybridized carbons (Fsp3) is 0.345. The quantitative estimate of drug-likeness (QED) is 0.387. The van der Waals surface area contributed by atoms with Gasteiger partial charge in [-0.1, -0.05) is 54.6 Å². The van der Waals surface area contributed by atoms with Crippen molar-refractivity contribution in [2.75, 3.05) is 13.2 Å². The molecule has 1 N–H and O–H groups in total. The molecule has 190 valence electrons. The van der Waals surface area contributed by atoms with E-state index in [1.54, 1.807) is 6.20 Å². The number of nitrogens with zero attached hydrogens (tertiary/aromatic N) is 2. The van der Waals surface area contributed by atoms with E-state index < -0.39 is 18.2 Å². The lowest BCUT2D eigenvalue weighted by atomic mass is 9.81. The second-order valence-corrected chi connectivity index (χ2v) is 10.8. The number of carboxylic acids is 1. The monoisotopic (exact) mass is 562 g/mol. The minimum atomic E-state index is -1.02. The molecule has 2 unspecified atom stereocenters. The van der Waals surface area contributed by atoms with Crippen LogP contribution in [0.15, 0.2) is 71.5 Å². The molecule has 0 saturated carbocycles. The molecule has 37 heavy (non-hydrogen) atoms. The van der Waals surface area contributed by atoms with E-state index in [0.717, 1.165) is 18.4 Å². The Hall–Kier alpha value is -3.23. The van der Waals surface area contributed by atoms with Crippen molar-refractivity contribution in [3.8, 4) is 11.1 Å². The Bertz CT molecular complexity index is 1300. The van der Waals surface area contributed by atoms with Crippen molar-refractivity contribution in [3.05, 3.63) is 88.2 Å². The number of carboxylic acid groups (broad SMARTS) is 1. The molecule has 3 heterocycles. The summed E-state index contributed by atoms with van der Waals surface area (Å²) in [6, 6.07) is 20.1. The number of carbonyl (C=O) groups excluding carboxylic acids is 1. The number of aromatic nitrogens is 1. The van der Waals surface area contributed by atoms with Crippen molar-refractivity contribution in [3.63, 3.8) is 0 Å². The lowest BCUT2D eigenvalue weighted by Crippen LogP contribution is -2.53. The molecular weight excluding hydrogens is 536 g/mol. The molecule has 1 aliphatic carbocycles. The fourth-order valence-electron chi connectivity index (χ4n) is 6.51. The first-order chi connectivity index (χ1) is 18.0. The molecule has 3 aliphatic rings. The zero-order valence-electron chi connectivity index (χ0n) is 20.2. The van der Waals surface area contributed by atoms with Crippen LogP contribution < -0.4 is 0 Å². The lowest BCUT2D eigenvalue weighted by Gasteiger charge is -2.46. The van der Waals surface area contributed by atoms with Crippen molar-refractivity contribution in [2.45, 2.75) is 49.3 Å². The first-order valence-electron chi connectivity index (χ1n) is 12.6. The highest BCUT2D eigenvalue weighted by Gasteiger charge is 2.53. The molecular formula is C29H27BrN2O5. The number of benzene rings is 2. The average molecular weight is 563 g/mol. The minimum Gasteiger partial charge on any atom is -0.480 e. The first-order valence-corrected chi connectivity index (χ1v) is 13.4. The van der Waals surface area contributed by atoms with Crippen LogP contribution in [0.4, 0.5) is 4.79 Å². The molecule has 2 saturated heterocycles. The molecule has 2 fully saturated rings. The van der Waals surface area contributed by atoms with E-state index in [1.165, 1.54) is 22.3 Å². The maximum Gasteiger partial charge on any atom is 0.410 e. The van der Waals surface area contributed by atoms with Crippen LogP contribution in [0.25, 0.3) is 11.1 Å². The maximum atomic E-state index is 13.5. The van der Waals surface area contributed by atoms with Gasteiger partial charge in [-0.25, -0.2) is 14.6 Å². The van der Waals surface area contributed by atoms with Crippen LogP contribution in [0.5, 0.6) is 0 Å². The summed E-state index contributed by atoms with van der Waals surface area (Å²) >= 11 is 3.52. The van der Waals surface area contributed by atoms with E-state index in [2.05, 4.69) is 45.2 Å². The topological polar surface area (TPSA) is 89.0 Å². The maximum absolute atomic E-state index is 13.5. The number of piperidine rings is 1. The summed E-state index contributed by atoms with van der Waals surface area (Å²) in [6.07, 6.45) is 4.00. The Morgan fingerprint density at radius 3 is 2.19 bits per heavy atom. The number of hydrogen-bond donors (Lipinski definition) is 1. The number of amides is 1. The Kier molecular flexibility index (Phi) is 6.24. The van der Waals surface area contributed by atoms with Crippen molar-refractivity contribution >= 4 is 28.0 Å². The standard InChI is InChI=1S/C29H27BrN2O5/c30-27-25(10-5-13-31-27)29(37-17-26(33)34)14-18-11-12-19(15-29)32(18)28(35)36-16-24-22-8-3-1-6-20(22)21-7-2-4-9-23(21)24/h1-10,13,18-19,24H,11-12,14-17H2,(H,33,34). The normalized spacial score (nSPS) is 24.0. The van der Waals surface area contributed by atoms with Crippen LogP contribution in [-0.4, -0.2) is 52.4 Å². The van der Waals surface area contributed by atoms with E-state index >= 15 is 0 Å². The van der Waals surface area contributed by atoms with Gasteiger partial charge in [-0.05, 0) is 57.1 Å². The number of aliphatic carboxylic acids is 1. The summed E-state index contributed by atoms with van der Waals surface area (Å²) < 4.78 is 12.7. The highest BCUT2D eigenvalue weighted by atomic mass is 79.9. The van der Waals surface area contributed by atoms with Crippen LogP contribution in [-0.2, 0) is 19.9 Å². The largest absolute Gasteiger partial charge is 0.480 e. The summed E-state index contributed by atoms with van der Waals surface area (Å²) in [5.74, 6) is -1.02. The summed E-state index contributed by atoms with van der Waals surface area (Å²) in [6.45, 7) is -0.136. The fourth-order valence-corrected chi connectivity index (χ4v) is 7.13. The highest BCUT2D eigenvalue weighted by molar-refractivity contribution is 9.10. The van der Waals surface area contributed by atoms with E-state index in [-0.39, 0.29) is 30.7 Å². The molecule has 2 bridgehead atoms. The van der Waals surface area contributed by atoms with Gasteiger partial charge < -0.3 is 19.5 Å². The number of hydrogen-bond acceptors (Lipinski definition) is 5. The smallest absolute Gasteiger partial charge is 0.410 e. The molecule has 0 radical (unpaired) electrons. The summed E-state index contributed by atoms with van der Waals surface area (Å²) in [4.78, 5) is 31.1. The van der Waals surface area contributed by atoms with Crippen LogP contribution in [0.2, 0.25) is 0 Å². The second-order valence-electron chi connectivity index (χ2n) is 10.0. The van der Waals surface area contributed by atoms with Crippen molar-refractivity contribution < 1.29 is 24.2 Å². The zero-order chi connectivity index (χ0) is 25.6. The molecule has 6 rings (SSSR count). The van der Waals surface area contributed by atoms with Crippen LogP contribution >= 0.6 is 15.9 Å². The van der Waals surface area contributed by atoms with E-state index in [4.69, 9.17) is 9.47 Å². The predicted molar refractivity (Wildman–Crippen MR) is 140 cm³/mol. The van der Waals surface area contributed by atoms with Crippen LogP contribution in [0.3, 0.4) is 0 Å². The molecule has 1 amide bonds. The second kappa shape index (κ2) is 9.58. The highest BCUT2D eigenvalue weighted by Crippen LogP contribution is 2.50. The van der Waals surface area contributed by atoms with E-state index in [0.29, 0.717) is 17.4 Å². The number of carbonyl (C=O) groups is 2. The molecule has 2 aromatic carbocycles. The number of halogens is 1. The van der Waals surface area contributed by atoms with Crippen molar-refractivity contribution in [1.29, 1.82) is 0 Å². The number of fused-ring (bicyclic) bond motifs is 5. The van der Waals surface area contributed by atoms with Gasteiger partial charge >= 0.3 is 12.1 Å². The molecule has 7 nitrogen and oxygen atoms in total. The molecule has 2 aliphatic heterocycles. The number of ether oxygens (including phenoxy) is 2. The van der Waals surface area contributed by atoms with Gasteiger partial charge in [0.05, 0.1) is 0 Å². The predicted octanol–water partition coefficient (Wildman–Crippen LogP) is 5.72. The van der Waals surface area contributed by atoms with Crippen LogP contribution in [0.1, 0.15) is 48.3 Å². The van der Waals surface area contributed by atoms with Gasteiger partial charge in [0.2, 0.25) is 0 Å². The SMILES string of the molecule is O=C(O)COC1(c2cccnc2Br)CC2CCC(C1)N2C(=O)OCC1c2ccccc2-c2ccccc21. The van der Waals surface area contributed by atoms with Crippen LogP contribution in [0, 0.1) is 0 Å². The third-order valence-electron chi connectivity index (χ3n) is 8.02. The Labute approximate surface area is 223 Å². The summed E-state index contributed by atoms with van der Waals surface area (Å²) in [5, 5.41) is 9.34. The minimum absolute atomic E-state index is 0.00290. The van der Waals surface area contributed by atoms with Gasteiger partial charge in [-0.2, -0.15) is 0 Å².